The standard InChI is InChI=1S/C13H22N2OS/c14-12(17)10-6-8-15(9-7-10)13(16)11-4-2-1-3-5-11/h10-11H,1-9H2,(H2,14,17). The Morgan fingerprint density at radius 1 is 1.00 bits per heavy atom. The Kier molecular flexibility index (Phi) is 4.37. The van der Waals surface area contributed by atoms with Crippen molar-refractivity contribution in [2.24, 2.45) is 17.6 Å². The molecule has 2 aliphatic rings. The molecule has 0 bridgehead atoms. The fraction of sp³-hybridized carbons (Fsp3) is 0.846. The van der Waals surface area contributed by atoms with E-state index in [0.29, 0.717) is 22.7 Å². The van der Waals surface area contributed by atoms with E-state index in [1.54, 1.807) is 0 Å². The molecule has 2 N–H and O–H groups in total. The highest BCUT2D eigenvalue weighted by Gasteiger charge is 2.29. The Bertz CT molecular complexity index is 292. The summed E-state index contributed by atoms with van der Waals surface area (Å²) in [6.45, 7) is 1.69. The molecule has 0 atom stereocenters. The molecule has 1 heterocycles. The van der Waals surface area contributed by atoms with Gasteiger partial charge < -0.3 is 10.6 Å². The number of hydrogen-bond acceptors (Lipinski definition) is 2. The maximum absolute atomic E-state index is 12.3. The summed E-state index contributed by atoms with van der Waals surface area (Å²) in [5.41, 5.74) is 5.66. The summed E-state index contributed by atoms with van der Waals surface area (Å²) < 4.78 is 0. The van der Waals surface area contributed by atoms with Crippen molar-refractivity contribution in [3.05, 3.63) is 0 Å². The zero-order chi connectivity index (χ0) is 12.3. The summed E-state index contributed by atoms with van der Waals surface area (Å²) in [7, 11) is 0. The summed E-state index contributed by atoms with van der Waals surface area (Å²) in [5.74, 6) is 1.02. The van der Waals surface area contributed by atoms with Crippen molar-refractivity contribution >= 4 is 23.1 Å². The Balaban J connectivity index is 1.83. The molecule has 0 unspecified atom stereocenters. The van der Waals surface area contributed by atoms with Crippen LogP contribution in [0.1, 0.15) is 44.9 Å². The second kappa shape index (κ2) is 5.80. The SMILES string of the molecule is NC(=S)C1CCN(C(=O)C2CCCCC2)CC1. The van der Waals surface area contributed by atoms with Gasteiger partial charge in [0, 0.05) is 24.9 Å². The molecule has 0 aromatic rings. The third kappa shape index (κ3) is 3.18. The number of likely N-dealkylation sites (tertiary alicyclic amines) is 1. The summed E-state index contributed by atoms with van der Waals surface area (Å²) in [6, 6.07) is 0. The van der Waals surface area contributed by atoms with Crippen LogP contribution in [-0.4, -0.2) is 28.9 Å². The van der Waals surface area contributed by atoms with Crippen LogP contribution in [0.15, 0.2) is 0 Å². The fourth-order valence-corrected chi connectivity index (χ4v) is 3.23. The molecule has 1 saturated carbocycles. The van der Waals surface area contributed by atoms with Crippen LogP contribution in [-0.2, 0) is 4.79 Å². The molecule has 3 nitrogen and oxygen atoms in total. The highest BCUT2D eigenvalue weighted by Crippen LogP contribution is 2.27. The van der Waals surface area contributed by atoms with Gasteiger partial charge in [-0.1, -0.05) is 31.5 Å². The lowest BCUT2D eigenvalue weighted by Gasteiger charge is -2.34. The van der Waals surface area contributed by atoms with Crippen LogP contribution >= 0.6 is 12.2 Å². The van der Waals surface area contributed by atoms with Crippen molar-refractivity contribution < 1.29 is 4.79 Å². The van der Waals surface area contributed by atoms with Gasteiger partial charge in [0.05, 0.1) is 4.99 Å². The van der Waals surface area contributed by atoms with Crippen molar-refractivity contribution in [1.82, 2.24) is 4.90 Å². The number of rotatable bonds is 2. The first-order valence-electron chi connectivity index (χ1n) is 6.76. The number of amides is 1. The molecule has 96 valence electrons. The van der Waals surface area contributed by atoms with Crippen molar-refractivity contribution in [2.75, 3.05) is 13.1 Å². The van der Waals surface area contributed by atoms with Crippen LogP contribution in [0.4, 0.5) is 0 Å². The molecule has 2 fully saturated rings. The maximum atomic E-state index is 12.3. The predicted molar refractivity (Wildman–Crippen MR) is 72.7 cm³/mol. The number of carbonyl (C=O) groups excluding carboxylic acids is 1. The second-order valence-corrected chi connectivity index (χ2v) is 5.81. The number of nitrogens with zero attached hydrogens (tertiary/aromatic N) is 1. The predicted octanol–water partition coefficient (Wildman–Crippen LogP) is 2.09. The summed E-state index contributed by atoms with van der Waals surface area (Å²) >= 11 is 5.02. The molecule has 4 heteroatoms. The molecule has 1 aliphatic carbocycles. The third-order valence-corrected chi connectivity index (χ3v) is 4.50. The minimum Gasteiger partial charge on any atom is -0.393 e. The van der Waals surface area contributed by atoms with Crippen LogP contribution < -0.4 is 5.73 Å². The number of carbonyl (C=O) groups is 1. The van der Waals surface area contributed by atoms with Crippen molar-refractivity contribution in [2.45, 2.75) is 44.9 Å². The summed E-state index contributed by atoms with van der Waals surface area (Å²) in [6.07, 6.45) is 7.83. The van der Waals surface area contributed by atoms with Crippen molar-refractivity contribution in [3.63, 3.8) is 0 Å². The highest BCUT2D eigenvalue weighted by atomic mass is 32.1. The lowest BCUT2D eigenvalue weighted by atomic mass is 9.87. The number of piperidine rings is 1. The molecule has 0 radical (unpaired) electrons. The van der Waals surface area contributed by atoms with E-state index in [-0.39, 0.29) is 0 Å². The van der Waals surface area contributed by atoms with Gasteiger partial charge in [0.15, 0.2) is 0 Å². The van der Waals surface area contributed by atoms with Gasteiger partial charge in [-0.05, 0) is 25.7 Å². The van der Waals surface area contributed by atoms with E-state index in [9.17, 15) is 4.79 Å². The number of thiocarbonyl (C=S) groups is 1. The van der Waals surface area contributed by atoms with E-state index < -0.39 is 0 Å². The Labute approximate surface area is 109 Å². The van der Waals surface area contributed by atoms with Gasteiger partial charge in [-0.25, -0.2) is 0 Å². The smallest absolute Gasteiger partial charge is 0.225 e. The average molecular weight is 254 g/mol. The van der Waals surface area contributed by atoms with Crippen molar-refractivity contribution in [1.29, 1.82) is 0 Å². The topological polar surface area (TPSA) is 46.3 Å². The monoisotopic (exact) mass is 254 g/mol. The molecule has 1 aliphatic heterocycles. The average Bonchev–Trinajstić information content (AvgIpc) is 2.39. The minimum absolute atomic E-state index is 0.296. The van der Waals surface area contributed by atoms with Gasteiger partial charge in [-0.3, -0.25) is 4.79 Å². The molecule has 0 aromatic heterocycles. The lowest BCUT2D eigenvalue weighted by molar-refractivity contribution is -0.137. The molecule has 17 heavy (non-hydrogen) atoms. The Morgan fingerprint density at radius 2 is 1.59 bits per heavy atom. The van der Waals surface area contributed by atoms with Crippen LogP contribution in [0.25, 0.3) is 0 Å². The molecule has 0 spiro atoms. The van der Waals surface area contributed by atoms with Gasteiger partial charge in [0.1, 0.15) is 0 Å². The molecule has 0 aromatic carbocycles. The quantitative estimate of drug-likeness (QED) is 0.768. The van der Waals surface area contributed by atoms with E-state index in [2.05, 4.69) is 0 Å². The van der Waals surface area contributed by atoms with E-state index >= 15 is 0 Å². The van der Waals surface area contributed by atoms with Gasteiger partial charge in [0.2, 0.25) is 5.91 Å². The Morgan fingerprint density at radius 3 is 2.12 bits per heavy atom. The van der Waals surface area contributed by atoms with Gasteiger partial charge in [0.25, 0.3) is 0 Å². The van der Waals surface area contributed by atoms with E-state index in [1.807, 2.05) is 4.90 Å². The van der Waals surface area contributed by atoms with Crippen LogP contribution in [0.3, 0.4) is 0 Å². The van der Waals surface area contributed by atoms with Crippen LogP contribution in [0.5, 0.6) is 0 Å². The first kappa shape index (κ1) is 12.8. The normalized spacial score (nSPS) is 23.6. The molecule has 2 rings (SSSR count). The second-order valence-electron chi connectivity index (χ2n) is 5.34. The lowest BCUT2D eigenvalue weighted by Crippen LogP contribution is -2.44. The van der Waals surface area contributed by atoms with E-state index in [4.69, 9.17) is 18.0 Å². The van der Waals surface area contributed by atoms with E-state index in [1.165, 1.54) is 19.3 Å². The van der Waals surface area contributed by atoms with Gasteiger partial charge in [-0.2, -0.15) is 0 Å². The number of hydrogen-bond donors (Lipinski definition) is 1. The van der Waals surface area contributed by atoms with Gasteiger partial charge >= 0.3 is 0 Å². The van der Waals surface area contributed by atoms with Crippen LogP contribution in [0, 0.1) is 11.8 Å². The summed E-state index contributed by atoms with van der Waals surface area (Å²) in [4.78, 5) is 14.9. The highest BCUT2D eigenvalue weighted by molar-refractivity contribution is 7.80. The minimum atomic E-state index is 0.296. The maximum Gasteiger partial charge on any atom is 0.225 e. The van der Waals surface area contributed by atoms with E-state index in [0.717, 1.165) is 38.8 Å². The zero-order valence-corrected chi connectivity index (χ0v) is 11.2. The first-order valence-corrected chi connectivity index (χ1v) is 7.17. The molecule has 1 saturated heterocycles. The number of nitrogens with two attached hydrogens (primary N) is 1. The molecule has 1 amide bonds. The van der Waals surface area contributed by atoms with Crippen molar-refractivity contribution in [3.8, 4) is 0 Å². The third-order valence-electron chi connectivity index (χ3n) is 4.16. The van der Waals surface area contributed by atoms with Gasteiger partial charge in [-0.15, -0.1) is 0 Å². The Hall–Kier alpha value is -0.640. The van der Waals surface area contributed by atoms with Crippen LogP contribution in [0.2, 0.25) is 0 Å². The summed E-state index contributed by atoms with van der Waals surface area (Å²) in [5, 5.41) is 0. The zero-order valence-electron chi connectivity index (χ0n) is 10.4. The molecular weight excluding hydrogens is 232 g/mol. The molecular formula is C13H22N2OS. The largest absolute Gasteiger partial charge is 0.393 e. The first-order chi connectivity index (χ1) is 8.18. The fourth-order valence-electron chi connectivity index (χ4n) is 2.99.